The molecule has 0 aromatic heterocycles. The molecule has 0 nitrogen and oxygen atoms in total. The summed E-state index contributed by atoms with van der Waals surface area (Å²) in [6.45, 7) is 6.61. The van der Waals surface area contributed by atoms with Crippen molar-refractivity contribution in [1.29, 1.82) is 0 Å². The third-order valence-corrected chi connectivity index (χ3v) is 29.3. The monoisotopic (exact) mass is 411 g/mol. The Morgan fingerprint density at radius 3 is 2.50 bits per heavy atom. The van der Waals surface area contributed by atoms with Crippen molar-refractivity contribution in [3.63, 3.8) is 0 Å². The Labute approximate surface area is 142 Å². The zero-order valence-corrected chi connectivity index (χ0v) is 17.4. The average molecular weight is 414 g/mol. The molecule has 0 saturated heterocycles. The van der Waals surface area contributed by atoms with Gasteiger partial charge in [-0.2, -0.15) is 0 Å². The van der Waals surface area contributed by atoms with Gasteiger partial charge in [-0.05, 0) is 0 Å². The van der Waals surface area contributed by atoms with E-state index in [0.29, 0.717) is 0 Å². The van der Waals surface area contributed by atoms with Crippen molar-refractivity contribution >= 4 is 23.1 Å². The Bertz CT molecular complexity index is 687. The van der Waals surface area contributed by atoms with E-state index < -0.39 is 16.4 Å². The van der Waals surface area contributed by atoms with Gasteiger partial charge in [-0.15, -0.1) is 0 Å². The van der Waals surface area contributed by atoms with E-state index in [-0.39, 0.29) is 6.75 Å². The van der Waals surface area contributed by atoms with Crippen molar-refractivity contribution < 1.29 is 16.4 Å². The number of aryl methyl sites for hydroxylation is 1. The van der Waals surface area contributed by atoms with Crippen molar-refractivity contribution in [3.05, 3.63) is 65.3 Å². The van der Waals surface area contributed by atoms with Crippen LogP contribution >= 0.6 is 17.0 Å². The molecule has 1 aromatic rings. The molecule has 3 rings (SSSR count). The van der Waals surface area contributed by atoms with Crippen LogP contribution in [0.4, 0.5) is 0 Å². The molecule has 0 N–H and O–H groups in total. The maximum absolute atomic E-state index is 7.55. The van der Waals surface area contributed by atoms with Crippen LogP contribution in [0.1, 0.15) is 37.0 Å². The van der Waals surface area contributed by atoms with Gasteiger partial charge in [0, 0.05) is 0 Å². The molecule has 1 aromatic carbocycles. The molecule has 1 unspecified atom stereocenters. The summed E-state index contributed by atoms with van der Waals surface area (Å²) in [7, 11) is 15.1. The predicted octanol–water partition coefficient (Wildman–Crippen LogP) is 6.98. The number of fused-ring (bicyclic) bond motifs is 1. The molecule has 0 fully saturated rings. The molecule has 2 aliphatic carbocycles. The predicted molar refractivity (Wildman–Crippen MR) is 96.4 cm³/mol. The van der Waals surface area contributed by atoms with E-state index in [1.54, 1.807) is 0 Å². The first kappa shape index (κ1) is 16.8. The molecular formula is C19H23Cl2Zr. The second-order valence-corrected chi connectivity index (χ2v) is 30.0. The van der Waals surface area contributed by atoms with Gasteiger partial charge in [-0.3, -0.25) is 0 Å². The van der Waals surface area contributed by atoms with Crippen molar-refractivity contribution in [3.8, 4) is 0 Å². The van der Waals surface area contributed by atoms with E-state index in [2.05, 4.69) is 75.4 Å². The number of hydrogen-bond donors (Lipinski definition) is 0. The number of benzene rings is 1. The summed E-state index contributed by atoms with van der Waals surface area (Å²) in [6.07, 6.45) is 14.2. The fourth-order valence-corrected chi connectivity index (χ4v) is 21.4. The summed E-state index contributed by atoms with van der Waals surface area (Å²) in [5.41, 5.74) is 3.87. The maximum atomic E-state index is 7.55. The fourth-order valence-electron chi connectivity index (χ4n) is 4.10. The normalized spacial score (nSPS) is 25.4. The van der Waals surface area contributed by atoms with Gasteiger partial charge in [0.15, 0.2) is 0 Å². The molecule has 0 spiro atoms. The summed E-state index contributed by atoms with van der Waals surface area (Å²) < 4.78 is 0.939. The van der Waals surface area contributed by atoms with Crippen LogP contribution in [0.15, 0.2) is 48.6 Å². The molecule has 2 aliphatic rings. The molecule has 0 amide bonds. The molecular weight excluding hydrogens is 390 g/mol. The van der Waals surface area contributed by atoms with Gasteiger partial charge in [-0.1, -0.05) is 0 Å². The van der Waals surface area contributed by atoms with Crippen LogP contribution in [0.5, 0.6) is 0 Å². The summed E-state index contributed by atoms with van der Waals surface area (Å²) in [6, 6.07) is 6.64. The Kier molecular flexibility index (Phi) is 4.17. The van der Waals surface area contributed by atoms with Gasteiger partial charge in [0.05, 0.1) is 0 Å². The van der Waals surface area contributed by atoms with Crippen LogP contribution in [-0.2, 0) is 19.5 Å². The molecule has 1 atom stereocenters. The van der Waals surface area contributed by atoms with E-state index in [4.69, 9.17) is 17.0 Å². The summed E-state index contributed by atoms with van der Waals surface area (Å²) >= 11 is -4.18. The molecule has 0 heterocycles. The standard InChI is InChI=1S/C11H11.C5H5.C3H7.2ClH.Zr/c1-8-3-5-10-6-4-9(2)11(10)7-8;1-2-4-5-3-1;1-3-2;;;/h3-7H,1-2H3;1-5H;1,3H2,2H3;2*1H;/q;;;;;+2/p-2. The van der Waals surface area contributed by atoms with Crippen molar-refractivity contribution in [1.82, 2.24) is 0 Å². The molecule has 117 valence electrons. The van der Waals surface area contributed by atoms with Crippen LogP contribution in [0.3, 0.4) is 0 Å². The second-order valence-electron chi connectivity index (χ2n) is 6.94. The minimum absolute atomic E-state index is 0.214. The number of allylic oxidation sites excluding steroid dienone is 5. The van der Waals surface area contributed by atoms with E-state index in [9.17, 15) is 0 Å². The van der Waals surface area contributed by atoms with Gasteiger partial charge >= 0.3 is 143 Å². The van der Waals surface area contributed by atoms with Crippen LogP contribution in [0.2, 0.25) is 7.75 Å². The number of hydrogen-bond acceptors (Lipinski definition) is 0. The van der Waals surface area contributed by atoms with E-state index >= 15 is 0 Å². The summed E-state index contributed by atoms with van der Waals surface area (Å²) in [4.78, 5) is 0. The van der Waals surface area contributed by atoms with Crippen LogP contribution in [0.25, 0.3) is 6.08 Å². The van der Waals surface area contributed by atoms with Gasteiger partial charge in [0.25, 0.3) is 0 Å². The molecule has 0 bridgehead atoms. The fraction of sp³-hybridized carbons (Fsp3) is 0.368. The SMILES string of the molecule is CC[CH2][Zr]([Cl])([Cl])([CH]1C=CC=C1)[C]1(C)C=Cc2ccc(C)cc21. The van der Waals surface area contributed by atoms with Gasteiger partial charge < -0.3 is 0 Å². The Hall–Kier alpha value is -0.0969. The van der Waals surface area contributed by atoms with Gasteiger partial charge in [-0.25, -0.2) is 0 Å². The first-order valence-corrected chi connectivity index (χ1v) is 18.8. The summed E-state index contributed by atoms with van der Waals surface area (Å²) in [5, 5.41) is 0. The third-order valence-electron chi connectivity index (χ3n) is 5.53. The van der Waals surface area contributed by atoms with Gasteiger partial charge in [0.1, 0.15) is 0 Å². The quantitative estimate of drug-likeness (QED) is 0.500. The Balaban J connectivity index is 2.23. The average Bonchev–Trinajstić information content (AvgIpc) is 3.10. The minimum atomic E-state index is -4.18. The van der Waals surface area contributed by atoms with Crippen LogP contribution < -0.4 is 0 Å². The Morgan fingerprint density at radius 2 is 1.86 bits per heavy atom. The first-order chi connectivity index (χ1) is 10.3. The van der Waals surface area contributed by atoms with Crippen LogP contribution in [0, 0.1) is 6.92 Å². The topological polar surface area (TPSA) is 0 Å². The molecule has 22 heavy (non-hydrogen) atoms. The molecule has 0 radical (unpaired) electrons. The molecule has 0 saturated carbocycles. The molecule has 0 aliphatic heterocycles. The van der Waals surface area contributed by atoms with E-state index in [1.807, 2.05) is 0 Å². The number of rotatable bonds is 4. The van der Waals surface area contributed by atoms with Crippen molar-refractivity contribution in [2.45, 2.75) is 38.1 Å². The van der Waals surface area contributed by atoms with E-state index in [1.165, 1.54) is 16.7 Å². The second kappa shape index (κ2) is 5.47. The Morgan fingerprint density at radius 1 is 1.18 bits per heavy atom. The first-order valence-electron chi connectivity index (χ1n) is 8.04. The zero-order valence-electron chi connectivity index (χ0n) is 13.4. The van der Waals surface area contributed by atoms with Crippen LogP contribution in [-0.4, -0.2) is 0 Å². The third kappa shape index (κ3) is 2.20. The van der Waals surface area contributed by atoms with Crippen molar-refractivity contribution in [2.24, 2.45) is 0 Å². The van der Waals surface area contributed by atoms with E-state index in [0.717, 1.165) is 10.5 Å². The summed E-state index contributed by atoms with van der Waals surface area (Å²) in [5.74, 6) is 0. The molecule has 3 heteroatoms. The zero-order chi connectivity index (χ0) is 16.0. The number of halogens is 2. The van der Waals surface area contributed by atoms with Crippen molar-refractivity contribution in [2.75, 3.05) is 0 Å². The van der Waals surface area contributed by atoms with Gasteiger partial charge in [0.2, 0.25) is 0 Å².